The highest BCUT2D eigenvalue weighted by Gasteiger charge is 2.21. The number of carboxylic acids is 1. The molecule has 0 unspecified atom stereocenters. The topological polar surface area (TPSA) is 66.4 Å². The van der Waals surface area contributed by atoms with Crippen LogP contribution in [0.1, 0.15) is 36.5 Å². The zero-order valence-corrected chi connectivity index (χ0v) is 12.0. The van der Waals surface area contributed by atoms with Gasteiger partial charge in [-0.3, -0.25) is 4.79 Å². The Labute approximate surface area is 119 Å². The summed E-state index contributed by atoms with van der Waals surface area (Å²) in [6.07, 6.45) is 1.88. The van der Waals surface area contributed by atoms with E-state index in [9.17, 15) is 14.0 Å². The van der Waals surface area contributed by atoms with E-state index in [1.165, 1.54) is 18.2 Å². The molecule has 0 fully saturated rings. The molecule has 0 heterocycles. The lowest BCUT2D eigenvalue weighted by molar-refractivity contribution is -0.139. The quantitative estimate of drug-likeness (QED) is 0.842. The molecule has 104 valence electrons. The van der Waals surface area contributed by atoms with Crippen molar-refractivity contribution in [3.05, 3.63) is 34.1 Å². The van der Waals surface area contributed by atoms with Gasteiger partial charge in [0.1, 0.15) is 11.9 Å². The molecule has 1 aromatic rings. The second kappa shape index (κ2) is 7.23. The van der Waals surface area contributed by atoms with Gasteiger partial charge in [-0.1, -0.05) is 25.8 Å². The second-order valence-electron chi connectivity index (χ2n) is 4.11. The summed E-state index contributed by atoms with van der Waals surface area (Å²) in [7, 11) is 0. The van der Waals surface area contributed by atoms with Gasteiger partial charge in [0.05, 0.1) is 10.0 Å². The van der Waals surface area contributed by atoms with Crippen LogP contribution in [-0.4, -0.2) is 23.0 Å². The summed E-state index contributed by atoms with van der Waals surface area (Å²) in [5.41, 5.74) is 0.0859. The maximum atomic E-state index is 13.3. The summed E-state index contributed by atoms with van der Waals surface area (Å²) < 4.78 is 13.3. The molecule has 0 aliphatic rings. The van der Waals surface area contributed by atoms with Crippen molar-refractivity contribution < 1.29 is 19.1 Å². The molecule has 0 saturated carbocycles. The van der Waals surface area contributed by atoms with Gasteiger partial charge in [0.25, 0.3) is 5.91 Å². The third-order valence-electron chi connectivity index (χ3n) is 2.65. The van der Waals surface area contributed by atoms with Crippen molar-refractivity contribution in [1.82, 2.24) is 5.32 Å². The molecule has 4 nitrogen and oxygen atoms in total. The largest absolute Gasteiger partial charge is 0.480 e. The Bertz CT molecular complexity index is 479. The van der Waals surface area contributed by atoms with E-state index in [-0.39, 0.29) is 10.0 Å². The van der Waals surface area contributed by atoms with Crippen molar-refractivity contribution in [2.75, 3.05) is 0 Å². The smallest absolute Gasteiger partial charge is 0.326 e. The number of hydrogen-bond acceptors (Lipinski definition) is 2. The number of carboxylic acid groups (broad SMARTS) is 1. The van der Waals surface area contributed by atoms with Crippen LogP contribution in [0.3, 0.4) is 0 Å². The molecule has 1 rings (SSSR count). The molecular formula is C13H15BrFNO3. The van der Waals surface area contributed by atoms with Crippen LogP contribution in [0.15, 0.2) is 22.7 Å². The lowest BCUT2D eigenvalue weighted by Gasteiger charge is -2.14. The van der Waals surface area contributed by atoms with Gasteiger partial charge in [0, 0.05) is 0 Å². The molecule has 0 spiro atoms. The maximum Gasteiger partial charge on any atom is 0.326 e. The number of benzene rings is 1. The second-order valence-corrected chi connectivity index (χ2v) is 4.90. The number of amides is 1. The van der Waals surface area contributed by atoms with Crippen LogP contribution >= 0.6 is 15.9 Å². The van der Waals surface area contributed by atoms with E-state index < -0.39 is 23.7 Å². The van der Waals surface area contributed by atoms with Crippen molar-refractivity contribution in [3.63, 3.8) is 0 Å². The molecule has 0 aliphatic heterocycles. The van der Waals surface area contributed by atoms with E-state index in [2.05, 4.69) is 21.2 Å². The van der Waals surface area contributed by atoms with Gasteiger partial charge >= 0.3 is 5.97 Å². The maximum absolute atomic E-state index is 13.3. The van der Waals surface area contributed by atoms with Crippen molar-refractivity contribution in [2.24, 2.45) is 0 Å². The van der Waals surface area contributed by atoms with Crippen LogP contribution < -0.4 is 5.32 Å². The number of halogens is 2. The third kappa shape index (κ3) is 4.31. The minimum atomic E-state index is -1.09. The first kappa shape index (κ1) is 15.6. The minimum Gasteiger partial charge on any atom is -0.480 e. The normalized spacial score (nSPS) is 11.9. The van der Waals surface area contributed by atoms with Gasteiger partial charge in [-0.15, -0.1) is 0 Å². The van der Waals surface area contributed by atoms with Crippen LogP contribution in [0, 0.1) is 5.82 Å². The molecule has 6 heteroatoms. The molecule has 0 bridgehead atoms. The molecule has 0 radical (unpaired) electrons. The lowest BCUT2D eigenvalue weighted by Crippen LogP contribution is -2.40. The molecular weight excluding hydrogens is 317 g/mol. The highest BCUT2D eigenvalue weighted by Crippen LogP contribution is 2.20. The average Bonchev–Trinajstić information content (AvgIpc) is 2.37. The fourth-order valence-corrected chi connectivity index (χ4v) is 2.03. The van der Waals surface area contributed by atoms with Crippen molar-refractivity contribution >= 4 is 27.8 Å². The number of hydrogen-bond donors (Lipinski definition) is 2. The monoisotopic (exact) mass is 331 g/mol. The van der Waals surface area contributed by atoms with E-state index in [0.29, 0.717) is 12.8 Å². The summed E-state index contributed by atoms with van der Waals surface area (Å²) in [4.78, 5) is 22.9. The van der Waals surface area contributed by atoms with Gasteiger partial charge in [-0.25, -0.2) is 9.18 Å². The van der Waals surface area contributed by atoms with Crippen molar-refractivity contribution in [2.45, 2.75) is 32.2 Å². The first-order chi connectivity index (χ1) is 8.97. The fourth-order valence-electron chi connectivity index (χ4n) is 1.58. The Morgan fingerprint density at radius 3 is 2.74 bits per heavy atom. The molecule has 0 aliphatic carbocycles. The van der Waals surface area contributed by atoms with Crippen LogP contribution in [-0.2, 0) is 4.79 Å². The number of rotatable bonds is 6. The highest BCUT2D eigenvalue weighted by molar-refractivity contribution is 9.10. The molecule has 0 saturated heterocycles. The predicted octanol–water partition coefficient (Wildman–Crippen LogP) is 2.96. The van der Waals surface area contributed by atoms with Crippen molar-refractivity contribution in [3.8, 4) is 0 Å². The third-order valence-corrected chi connectivity index (χ3v) is 3.45. The van der Waals surface area contributed by atoms with E-state index >= 15 is 0 Å². The summed E-state index contributed by atoms with van der Waals surface area (Å²) in [5, 5.41) is 11.4. The summed E-state index contributed by atoms with van der Waals surface area (Å²) in [5.74, 6) is -2.25. The molecule has 2 N–H and O–H groups in total. The fraction of sp³-hybridized carbons (Fsp3) is 0.385. The van der Waals surface area contributed by atoms with Crippen molar-refractivity contribution in [1.29, 1.82) is 0 Å². The van der Waals surface area contributed by atoms with Gasteiger partial charge in [-0.05, 0) is 34.5 Å². The van der Waals surface area contributed by atoms with E-state index in [0.717, 1.165) is 6.42 Å². The number of carbonyl (C=O) groups is 2. The Morgan fingerprint density at radius 2 is 2.16 bits per heavy atom. The molecule has 1 atom stereocenters. The number of carbonyl (C=O) groups excluding carboxylic acids is 1. The summed E-state index contributed by atoms with van der Waals surface area (Å²) in [6, 6.07) is 3.09. The molecule has 1 aromatic carbocycles. The Hall–Kier alpha value is -1.43. The minimum absolute atomic E-state index is 0.0344. The molecule has 19 heavy (non-hydrogen) atoms. The lowest BCUT2D eigenvalue weighted by atomic mass is 10.1. The zero-order chi connectivity index (χ0) is 14.4. The predicted molar refractivity (Wildman–Crippen MR) is 72.5 cm³/mol. The summed E-state index contributed by atoms with van der Waals surface area (Å²) >= 11 is 2.98. The van der Waals surface area contributed by atoms with Crippen LogP contribution in [0.25, 0.3) is 0 Å². The number of aliphatic carboxylic acids is 1. The van der Waals surface area contributed by atoms with Gasteiger partial charge < -0.3 is 10.4 Å². The number of nitrogens with one attached hydrogen (secondary N) is 1. The van der Waals surface area contributed by atoms with E-state index in [1.54, 1.807) is 0 Å². The summed E-state index contributed by atoms with van der Waals surface area (Å²) in [6.45, 7) is 1.93. The first-order valence-corrected chi connectivity index (χ1v) is 6.74. The molecule has 0 aromatic heterocycles. The van der Waals surface area contributed by atoms with Gasteiger partial charge in [0.2, 0.25) is 0 Å². The highest BCUT2D eigenvalue weighted by atomic mass is 79.9. The van der Waals surface area contributed by atoms with Crippen LogP contribution in [0.4, 0.5) is 4.39 Å². The molecule has 1 amide bonds. The van der Waals surface area contributed by atoms with Gasteiger partial charge in [0.15, 0.2) is 0 Å². The number of unbranched alkanes of at least 4 members (excludes halogenated alkanes) is 1. The van der Waals surface area contributed by atoms with Crippen LogP contribution in [0.5, 0.6) is 0 Å². The Kier molecular flexibility index (Phi) is 5.95. The zero-order valence-electron chi connectivity index (χ0n) is 10.5. The first-order valence-electron chi connectivity index (χ1n) is 5.95. The average molecular weight is 332 g/mol. The Balaban J connectivity index is 2.82. The Morgan fingerprint density at radius 1 is 1.47 bits per heavy atom. The van der Waals surface area contributed by atoms with E-state index in [1.807, 2.05) is 6.92 Å². The van der Waals surface area contributed by atoms with Gasteiger partial charge in [-0.2, -0.15) is 0 Å². The standard InChI is InChI=1S/C13H15BrFNO3/c1-2-3-7-10(13(18)19)16-12(17)8-5-4-6-9(15)11(8)14/h4-6,10H,2-3,7H2,1H3,(H,16,17)(H,18,19)/t10-/m0/s1. The van der Waals surface area contributed by atoms with E-state index in [4.69, 9.17) is 5.11 Å². The van der Waals surface area contributed by atoms with Crippen LogP contribution in [0.2, 0.25) is 0 Å². The SMILES string of the molecule is CCCC[C@H](NC(=O)c1cccc(F)c1Br)C(=O)O.